The second kappa shape index (κ2) is 30.1. The van der Waals surface area contributed by atoms with Crippen LogP contribution in [0.5, 0.6) is 0 Å². The van der Waals surface area contributed by atoms with E-state index in [0.29, 0.717) is 98.9 Å². The molecule has 0 rings (SSSR count). The molecule has 0 radical (unpaired) electrons. The van der Waals surface area contributed by atoms with Gasteiger partial charge in [-0.1, -0.05) is 33.6 Å². The Bertz CT molecular complexity index is 702. The molecular weight excluding hydrogens is 566 g/mol. The van der Waals surface area contributed by atoms with Crippen molar-refractivity contribution in [3.63, 3.8) is 0 Å². The Hall–Kier alpha value is -1.91. The van der Waals surface area contributed by atoms with E-state index < -0.39 is 23.9 Å². The van der Waals surface area contributed by atoms with E-state index in [1.807, 2.05) is 6.92 Å². The van der Waals surface area contributed by atoms with Crippen LogP contribution in [0.15, 0.2) is 0 Å². The molecule has 260 valence electrons. The monoisotopic (exact) mass is 629 g/mol. The fraction of sp³-hybridized carbons (Fsp3) is 0.897. The Morgan fingerprint density at radius 3 is 1.40 bits per heavy atom. The highest BCUT2D eigenvalue weighted by molar-refractivity contribution is 5.91. The van der Waals surface area contributed by atoms with E-state index in [9.17, 15) is 14.4 Å². The van der Waals surface area contributed by atoms with Crippen molar-refractivity contribution in [3.05, 3.63) is 0 Å². The van der Waals surface area contributed by atoms with Crippen molar-refractivity contribution >= 4 is 17.7 Å². The summed E-state index contributed by atoms with van der Waals surface area (Å²) in [5, 5.41) is 5.40. The first kappa shape index (κ1) is 41.1. The zero-order chi connectivity index (χ0) is 32.0. The molecule has 0 heterocycles. The molecule has 0 saturated carbocycles. The Balaban J connectivity index is -0.00000294. The molecule has 14 heteroatoms. The van der Waals surface area contributed by atoms with Gasteiger partial charge in [0.2, 0.25) is 17.7 Å². The SMILES string of the molecule is CCCC[C@H](NC(=O)CCOCCOCCOCCOCCOCCOCCOCCOC)C(=O)N[C@H](C(N)=O)C(C)C.[HH].[HH].[HH]. The summed E-state index contributed by atoms with van der Waals surface area (Å²) in [5.74, 6) is -1.47. The van der Waals surface area contributed by atoms with E-state index in [2.05, 4.69) is 10.6 Å². The van der Waals surface area contributed by atoms with E-state index in [-0.39, 0.29) is 29.1 Å². The van der Waals surface area contributed by atoms with E-state index in [0.717, 1.165) is 12.8 Å². The maximum atomic E-state index is 12.7. The molecule has 14 nitrogen and oxygen atoms in total. The van der Waals surface area contributed by atoms with E-state index in [4.69, 9.17) is 43.6 Å². The summed E-state index contributed by atoms with van der Waals surface area (Å²) in [6, 6.07) is -1.52. The molecule has 3 amide bonds. The highest BCUT2D eigenvalue weighted by Crippen LogP contribution is 2.06. The van der Waals surface area contributed by atoms with Gasteiger partial charge in [0.05, 0.1) is 99.1 Å². The lowest BCUT2D eigenvalue weighted by atomic mass is 10.0. The molecule has 0 aliphatic carbocycles. The summed E-state index contributed by atoms with van der Waals surface area (Å²) < 4.78 is 42.8. The predicted molar refractivity (Wildman–Crippen MR) is 166 cm³/mol. The first-order chi connectivity index (χ1) is 20.8. The number of hydrogen-bond acceptors (Lipinski definition) is 11. The van der Waals surface area contributed by atoms with Gasteiger partial charge in [-0.2, -0.15) is 0 Å². The van der Waals surface area contributed by atoms with Crippen LogP contribution in [0.4, 0.5) is 0 Å². The van der Waals surface area contributed by atoms with E-state index >= 15 is 0 Å². The smallest absolute Gasteiger partial charge is 0.243 e. The van der Waals surface area contributed by atoms with Gasteiger partial charge in [-0.05, 0) is 12.3 Å². The Labute approximate surface area is 261 Å². The Kier molecular flexibility index (Phi) is 28.8. The van der Waals surface area contributed by atoms with Crippen molar-refractivity contribution < 1.29 is 56.6 Å². The van der Waals surface area contributed by atoms with Crippen molar-refractivity contribution in [3.8, 4) is 0 Å². The van der Waals surface area contributed by atoms with Gasteiger partial charge in [0.1, 0.15) is 12.1 Å². The average Bonchev–Trinajstić information content (AvgIpc) is 2.97. The topological polar surface area (TPSA) is 175 Å². The lowest BCUT2D eigenvalue weighted by molar-refractivity contribution is -0.132. The zero-order valence-electron chi connectivity index (χ0n) is 26.7. The van der Waals surface area contributed by atoms with Crippen LogP contribution in [0.25, 0.3) is 0 Å². The molecule has 0 spiro atoms. The van der Waals surface area contributed by atoms with Gasteiger partial charge in [0.15, 0.2) is 0 Å². The lowest BCUT2D eigenvalue weighted by Gasteiger charge is -2.24. The third-order valence-corrected chi connectivity index (χ3v) is 5.91. The van der Waals surface area contributed by atoms with Gasteiger partial charge in [0.25, 0.3) is 0 Å². The molecule has 0 fully saturated rings. The summed E-state index contributed by atoms with van der Waals surface area (Å²) in [7, 11) is 1.63. The first-order valence-corrected chi connectivity index (χ1v) is 15.3. The first-order valence-electron chi connectivity index (χ1n) is 15.3. The highest BCUT2D eigenvalue weighted by atomic mass is 16.6. The van der Waals surface area contributed by atoms with Crippen molar-refractivity contribution in [2.45, 2.75) is 58.5 Å². The van der Waals surface area contributed by atoms with Gasteiger partial charge < -0.3 is 54.3 Å². The minimum absolute atomic E-state index is 0. The summed E-state index contributed by atoms with van der Waals surface area (Å²) in [5.41, 5.74) is 5.39. The number of methoxy groups -OCH3 is 1. The van der Waals surface area contributed by atoms with Crippen LogP contribution in [0.1, 0.15) is 50.7 Å². The molecule has 0 aromatic carbocycles. The minimum atomic E-state index is -0.791. The number of unbranched alkanes of at least 4 members (excludes halogenated alkanes) is 1. The number of carbonyl (C=O) groups is 3. The lowest BCUT2D eigenvalue weighted by Crippen LogP contribution is -2.54. The van der Waals surface area contributed by atoms with Crippen LogP contribution in [0, 0.1) is 5.92 Å². The molecule has 0 aromatic heterocycles. The molecule has 0 unspecified atom stereocenters. The number of amides is 3. The van der Waals surface area contributed by atoms with Gasteiger partial charge in [0, 0.05) is 17.8 Å². The number of hydrogen-bond donors (Lipinski definition) is 3. The van der Waals surface area contributed by atoms with E-state index in [1.165, 1.54) is 0 Å². The standard InChI is InChI=1S/C29H57N3O11.3H2/c1-5-6-7-25(29(35)32-27(24(2)3)28(30)34)31-26(33)8-9-37-12-13-39-16-17-41-20-21-43-23-22-42-19-18-40-15-14-38-11-10-36-4;;;/h24-25,27H,5-23H2,1-4H3,(H2,30,34)(H,31,33)(H,32,35);3*1H/t25-,27-;;;/m0.../s1. The zero-order valence-corrected chi connectivity index (χ0v) is 26.7. The normalized spacial score (nSPS) is 12.8. The maximum Gasteiger partial charge on any atom is 0.243 e. The highest BCUT2D eigenvalue weighted by Gasteiger charge is 2.27. The predicted octanol–water partition coefficient (Wildman–Crippen LogP) is 1.18. The molecule has 43 heavy (non-hydrogen) atoms. The third kappa shape index (κ3) is 26.2. The molecule has 2 atom stereocenters. The maximum absolute atomic E-state index is 12.7. The van der Waals surface area contributed by atoms with Crippen LogP contribution < -0.4 is 16.4 Å². The Morgan fingerprint density at radius 1 is 0.651 bits per heavy atom. The third-order valence-electron chi connectivity index (χ3n) is 5.91. The summed E-state index contributed by atoms with van der Waals surface area (Å²) in [4.78, 5) is 36.6. The number of nitrogens with two attached hydrogens (primary N) is 1. The van der Waals surface area contributed by atoms with Crippen molar-refractivity contribution in [1.82, 2.24) is 10.6 Å². The largest absolute Gasteiger partial charge is 0.382 e. The van der Waals surface area contributed by atoms with E-state index in [1.54, 1.807) is 21.0 Å². The Morgan fingerprint density at radius 2 is 1.05 bits per heavy atom. The summed E-state index contributed by atoms with van der Waals surface area (Å²) in [6.45, 7) is 12.5. The van der Waals surface area contributed by atoms with Crippen LogP contribution in [0.2, 0.25) is 0 Å². The minimum Gasteiger partial charge on any atom is -0.382 e. The van der Waals surface area contributed by atoms with Gasteiger partial charge in [-0.3, -0.25) is 14.4 Å². The quantitative estimate of drug-likeness (QED) is 0.0911. The van der Waals surface area contributed by atoms with Crippen LogP contribution in [-0.4, -0.2) is 136 Å². The second-order valence-corrected chi connectivity index (χ2v) is 9.92. The van der Waals surface area contributed by atoms with Crippen LogP contribution >= 0.6 is 0 Å². The number of ether oxygens (including phenoxy) is 8. The van der Waals surface area contributed by atoms with Crippen molar-refractivity contribution in [1.29, 1.82) is 0 Å². The van der Waals surface area contributed by atoms with Crippen LogP contribution in [-0.2, 0) is 52.3 Å². The van der Waals surface area contributed by atoms with Gasteiger partial charge in [-0.15, -0.1) is 0 Å². The van der Waals surface area contributed by atoms with Crippen LogP contribution in [0.3, 0.4) is 0 Å². The molecule has 0 bridgehead atoms. The summed E-state index contributed by atoms with van der Waals surface area (Å²) in [6.07, 6.45) is 2.20. The molecule has 0 aliphatic rings. The fourth-order valence-electron chi connectivity index (χ4n) is 3.49. The van der Waals surface area contributed by atoms with Gasteiger partial charge >= 0.3 is 0 Å². The fourth-order valence-corrected chi connectivity index (χ4v) is 3.49. The number of primary amides is 1. The summed E-state index contributed by atoms with van der Waals surface area (Å²) >= 11 is 0. The molecule has 0 aliphatic heterocycles. The number of rotatable bonds is 32. The molecule has 0 aromatic rings. The number of nitrogens with one attached hydrogen (secondary N) is 2. The van der Waals surface area contributed by atoms with Crippen molar-refractivity contribution in [2.75, 3.05) is 106 Å². The molecule has 4 N–H and O–H groups in total. The molecule has 0 saturated heterocycles. The number of carbonyl (C=O) groups excluding carboxylic acids is 3. The second-order valence-electron chi connectivity index (χ2n) is 9.92. The van der Waals surface area contributed by atoms with Crippen molar-refractivity contribution in [2.24, 2.45) is 11.7 Å². The molecular formula is C29H63N3O11. The average molecular weight is 630 g/mol. The van der Waals surface area contributed by atoms with Gasteiger partial charge in [-0.25, -0.2) is 0 Å².